The number of rotatable bonds is 6. The van der Waals surface area contributed by atoms with Crippen LogP contribution in [0, 0.1) is 13.8 Å². The van der Waals surface area contributed by atoms with E-state index in [2.05, 4.69) is 36.6 Å². The zero-order valence-corrected chi connectivity index (χ0v) is 17.0. The average Bonchev–Trinajstić information content (AvgIpc) is 3.35. The Kier molecular flexibility index (Phi) is 5.25. The molecule has 0 bridgehead atoms. The van der Waals surface area contributed by atoms with Crippen LogP contribution in [0.1, 0.15) is 22.5 Å². The van der Waals surface area contributed by atoms with Crippen LogP contribution in [0.4, 0.5) is 11.6 Å². The average molecular weight is 402 g/mol. The highest BCUT2D eigenvalue weighted by Gasteiger charge is 2.09. The molecule has 0 spiro atoms. The molecule has 152 valence electrons. The summed E-state index contributed by atoms with van der Waals surface area (Å²) in [5, 5.41) is 11.0. The maximum absolute atomic E-state index is 6.06. The maximum Gasteiger partial charge on any atom is 0.227 e. The smallest absolute Gasteiger partial charge is 0.227 e. The van der Waals surface area contributed by atoms with Crippen LogP contribution in [0.5, 0.6) is 0 Å². The van der Waals surface area contributed by atoms with Gasteiger partial charge >= 0.3 is 0 Å². The van der Waals surface area contributed by atoms with Crippen molar-refractivity contribution in [3.05, 3.63) is 71.5 Å². The van der Waals surface area contributed by atoms with Gasteiger partial charge < -0.3 is 15.6 Å². The predicted octanol–water partition coefficient (Wildman–Crippen LogP) is 3.13. The molecule has 1 aromatic carbocycles. The van der Waals surface area contributed by atoms with E-state index in [4.69, 9.17) is 10.3 Å². The van der Waals surface area contributed by atoms with Gasteiger partial charge in [-0.3, -0.25) is 9.67 Å². The van der Waals surface area contributed by atoms with E-state index in [9.17, 15) is 0 Å². The molecule has 0 unspecified atom stereocenters. The Morgan fingerprint density at radius 3 is 2.80 bits per heavy atom. The number of nitrogens with two attached hydrogens (primary N) is 1. The maximum atomic E-state index is 6.06. The summed E-state index contributed by atoms with van der Waals surface area (Å²) in [6.07, 6.45) is 6.90. The number of hydrogen-bond donors (Lipinski definition) is 2. The molecule has 4 rings (SSSR count). The van der Waals surface area contributed by atoms with Gasteiger partial charge in [-0.25, -0.2) is 9.97 Å². The quantitative estimate of drug-likeness (QED) is 0.375. The van der Waals surface area contributed by atoms with E-state index in [1.165, 1.54) is 0 Å². The largest absolute Gasteiger partial charge is 0.383 e. The van der Waals surface area contributed by atoms with E-state index in [0.29, 0.717) is 24.1 Å². The molecule has 0 saturated heterocycles. The Hall–Kier alpha value is -4.01. The van der Waals surface area contributed by atoms with E-state index >= 15 is 0 Å². The number of anilines is 2. The SMILES string of the molecule is Cc1cc(-c2ccnc(Nc3cnn(C)c3)n2)ccc1CN=C(N)c1cnoc1C. The van der Waals surface area contributed by atoms with Gasteiger partial charge in [0.25, 0.3) is 0 Å². The van der Waals surface area contributed by atoms with Crippen molar-refractivity contribution >= 4 is 17.5 Å². The molecule has 0 aliphatic rings. The van der Waals surface area contributed by atoms with Gasteiger partial charge in [0.05, 0.1) is 35.9 Å². The number of hydrogen-bond acceptors (Lipinski definition) is 7. The number of amidine groups is 1. The highest BCUT2D eigenvalue weighted by Crippen LogP contribution is 2.23. The van der Waals surface area contributed by atoms with Crippen LogP contribution in [0.2, 0.25) is 0 Å². The van der Waals surface area contributed by atoms with Crippen molar-refractivity contribution in [2.24, 2.45) is 17.8 Å². The first kappa shape index (κ1) is 19.3. The number of aryl methyl sites for hydroxylation is 3. The molecule has 9 heteroatoms. The van der Waals surface area contributed by atoms with Crippen molar-refractivity contribution in [3.63, 3.8) is 0 Å². The van der Waals surface area contributed by atoms with Gasteiger partial charge in [0.2, 0.25) is 5.95 Å². The minimum absolute atomic E-state index is 0.416. The van der Waals surface area contributed by atoms with Crippen molar-refractivity contribution in [2.45, 2.75) is 20.4 Å². The molecule has 30 heavy (non-hydrogen) atoms. The molecule has 0 atom stereocenters. The third-order valence-electron chi connectivity index (χ3n) is 4.70. The summed E-state index contributed by atoms with van der Waals surface area (Å²) in [5.74, 6) is 1.59. The van der Waals surface area contributed by atoms with Gasteiger partial charge in [-0.1, -0.05) is 17.3 Å². The molecule has 3 heterocycles. The second-order valence-electron chi connectivity index (χ2n) is 6.93. The topological polar surface area (TPSA) is 120 Å². The summed E-state index contributed by atoms with van der Waals surface area (Å²) >= 11 is 0. The van der Waals surface area contributed by atoms with Crippen LogP contribution >= 0.6 is 0 Å². The number of aliphatic imine (C=N–C) groups is 1. The predicted molar refractivity (Wildman–Crippen MR) is 114 cm³/mol. The lowest BCUT2D eigenvalue weighted by atomic mass is 10.0. The molecular formula is C21H22N8O. The molecule has 4 aromatic rings. The van der Waals surface area contributed by atoms with Crippen LogP contribution in [0.25, 0.3) is 11.3 Å². The minimum Gasteiger partial charge on any atom is -0.383 e. The first-order valence-corrected chi connectivity index (χ1v) is 9.40. The van der Waals surface area contributed by atoms with Crippen LogP contribution < -0.4 is 11.1 Å². The highest BCUT2D eigenvalue weighted by atomic mass is 16.5. The van der Waals surface area contributed by atoms with Gasteiger partial charge in [0, 0.05) is 25.0 Å². The molecule has 3 aromatic heterocycles. The Morgan fingerprint density at radius 2 is 2.10 bits per heavy atom. The van der Waals surface area contributed by atoms with Gasteiger partial charge in [0.15, 0.2) is 0 Å². The molecule has 3 N–H and O–H groups in total. The Bertz CT molecular complexity index is 1210. The first-order chi connectivity index (χ1) is 14.5. The summed E-state index contributed by atoms with van der Waals surface area (Å²) in [6, 6.07) is 8.03. The highest BCUT2D eigenvalue weighted by molar-refractivity contribution is 5.97. The van der Waals surface area contributed by atoms with Crippen molar-refractivity contribution in [3.8, 4) is 11.3 Å². The van der Waals surface area contributed by atoms with E-state index in [0.717, 1.165) is 33.6 Å². The van der Waals surface area contributed by atoms with Crippen molar-refractivity contribution in [1.29, 1.82) is 0 Å². The van der Waals surface area contributed by atoms with Crippen molar-refractivity contribution < 1.29 is 4.52 Å². The van der Waals surface area contributed by atoms with Crippen LogP contribution in [0.3, 0.4) is 0 Å². The van der Waals surface area contributed by atoms with Crippen molar-refractivity contribution in [1.82, 2.24) is 24.9 Å². The summed E-state index contributed by atoms with van der Waals surface area (Å²) in [7, 11) is 1.86. The second kappa shape index (κ2) is 8.16. The summed E-state index contributed by atoms with van der Waals surface area (Å²) in [4.78, 5) is 13.4. The molecule has 0 aliphatic carbocycles. The monoisotopic (exact) mass is 402 g/mol. The van der Waals surface area contributed by atoms with Crippen molar-refractivity contribution in [2.75, 3.05) is 5.32 Å². The zero-order chi connectivity index (χ0) is 21.1. The summed E-state index contributed by atoms with van der Waals surface area (Å²) in [5.41, 5.74) is 11.6. The second-order valence-corrected chi connectivity index (χ2v) is 6.93. The Labute approximate surface area is 173 Å². The first-order valence-electron chi connectivity index (χ1n) is 9.40. The lowest BCUT2D eigenvalue weighted by Crippen LogP contribution is -2.14. The Balaban J connectivity index is 1.52. The standard InChI is InChI=1S/C21H22N8O/c1-13-8-15(4-5-16(13)9-24-20(22)18-11-26-30-14(18)2)19-6-7-23-21(28-19)27-17-10-25-29(3)12-17/h4-8,10-12H,9H2,1-3H3,(H2,22,24)(H,23,27,28). The third kappa shape index (κ3) is 4.19. The number of aromatic nitrogens is 5. The molecule has 0 amide bonds. The number of benzene rings is 1. The molecule has 0 fully saturated rings. The van der Waals surface area contributed by atoms with Gasteiger partial charge in [-0.2, -0.15) is 5.10 Å². The summed E-state index contributed by atoms with van der Waals surface area (Å²) in [6.45, 7) is 4.33. The third-order valence-corrected chi connectivity index (χ3v) is 4.70. The zero-order valence-electron chi connectivity index (χ0n) is 17.0. The van der Waals surface area contributed by atoms with E-state index in [1.54, 1.807) is 23.3 Å². The molecule has 0 saturated carbocycles. The number of nitrogens with zero attached hydrogens (tertiary/aromatic N) is 6. The Morgan fingerprint density at radius 1 is 1.23 bits per heavy atom. The normalized spacial score (nSPS) is 11.6. The summed E-state index contributed by atoms with van der Waals surface area (Å²) < 4.78 is 6.76. The van der Waals surface area contributed by atoms with E-state index in [-0.39, 0.29) is 0 Å². The fourth-order valence-corrected chi connectivity index (χ4v) is 3.03. The fourth-order valence-electron chi connectivity index (χ4n) is 3.03. The molecule has 0 radical (unpaired) electrons. The van der Waals surface area contributed by atoms with Gasteiger partial charge in [-0.05, 0) is 37.1 Å². The van der Waals surface area contributed by atoms with E-state index in [1.807, 2.05) is 45.3 Å². The van der Waals surface area contributed by atoms with Crippen LogP contribution in [-0.4, -0.2) is 30.7 Å². The fraction of sp³-hybridized carbons (Fsp3) is 0.190. The van der Waals surface area contributed by atoms with Gasteiger partial charge in [0.1, 0.15) is 11.6 Å². The number of nitrogens with one attached hydrogen (secondary N) is 1. The van der Waals surface area contributed by atoms with Crippen LogP contribution in [0.15, 0.2) is 58.6 Å². The molecule has 0 aliphatic heterocycles. The van der Waals surface area contributed by atoms with E-state index < -0.39 is 0 Å². The molecule has 9 nitrogen and oxygen atoms in total. The van der Waals surface area contributed by atoms with Gasteiger partial charge in [-0.15, -0.1) is 0 Å². The lowest BCUT2D eigenvalue weighted by molar-refractivity contribution is 0.397. The lowest BCUT2D eigenvalue weighted by Gasteiger charge is -2.08. The molecular weight excluding hydrogens is 380 g/mol. The minimum atomic E-state index is 0.416. The van der Waals surface area contributed by atoms with Crippen LogP contribution in [-0.2, 0) is 13.6 Å².